The maximum Gasteiger partial charge on any atom is 0.270 e. The highest BCUT2D eigenvalue weighted by Gasteiger charge is 2.27. The van der Waals surface area contributed by atoms with Crippen molar-refractivity contribution in [3.8, 4) is 6.07 Å². The Labute approximate surface area is 145 Å². The Morgan fingerprint density at radius 3 is 2.68 bits per heavy atom. The summed E-state index contributed by atoms with van der Waals surface area (Å²) in [6.45, 7) is 0. The maximum absolute atomic E-state index is 12.2. The van der Waals surface area contributed by atoms with Gasteiger partial charge in [-0.2, -0.15) is 5.26 Å². The zero-order chi connectivity index (χ0) is 18.2. The molecule has 0 bridgehead atoms. The Bertz CT molecular complexity index is 730. The van der Waals surface area contributed by atoms with Crippen LogP contribution in [0.2, 0.25) is 0 Å². The van der Waals surface area contributed by atoms with Crippen LogP contribution in [0.25, 0.3) is 6.08 Å². The number of carbonyl (C=O) groups is 2. The van der Waals surface area contributed by atoms with Gasteiger partial charge in [-0.05, 0) is 24.5 Å². The van der Waals surface area contributed by atoms with Gasteiger partial charge in [0.1, 0.15) is 0 Å². The molecule has 0 radical (unpaired) electrons. The summed E-state index contributed by atoms with van der Waals surface area (Å²) in [7, 11) is 0. The van der Waals surface area contributed by atoms with Crippen LogP contribution in [-0.4, -0.2) is 22.7 Å². The van der Waals surface area contributed by atoms with Crippen molar-refractivity contribution >= 4 is 23.5 Å². The lowest BCUT2D eigenvalue weighted by atomic mass is 9.94. The zero-order valence-corrected chi connectivity index (χ0v) is 13.7. The normalized spacial score (nSPS) is 16.1. The zero-order valence-electron chi connectivity index (χ0n) is 13.7. The maximum atomic E-state index is 12.2. The van der Waals surface area contributed by atoms with E-state index < -0.39 is 22.5 Å². The third-order valence-electron chi connectivity index (χ3n) is 4.15. The molecule has 1 atom stereocenters. The van der Waals surface area contributed by atoms with E-state index in [2.05, 4.69) is 5.32 Å². The van der Waals surface area contributed by atoms with Crippen molar-refractivity contribution < 1.29 is 14.5 Å². The van der Waals surface area contributed by atoms with Gasteiger partial charge in [0.2, 0.25) is 5.91 Å². The highest BCUT2D eigenvalue weighted by Crippen LogP contribution is 2.18. The molecule has 1 aliphatic carbocycles. The number of ketones is 1. The number of rotatable bonds is 6. The molecule has 130 valence electrons. The van der Waals surface area contributed by atoms with Crippen LogP contribution in [0.5, 0.6) is 0 Å². The number of nitrogens with zero attached hydrogens (tertiary/aromatic N) is 2. The first kappa shape index (κ1) is 18.3. The molecule has 1 amide bonds. The van der Waals surface area contributed by atoms with E-state index in [0.717, 1.165) is 38.2 Å². The number of benzene rings is 1. The van der Waals surface area contributed by atoms with Gasteiger partial charge in [0, 0.05) is 18.2 Å². The van der Waals surface area contributed by atoms with E-state index in [1.54, 1.807) is 12.1 Å². The number of carbonyl (C=O) groups excluding carboxylic acids is 2. The second kappa shape index (κ2) is 8.73. The fraction of sp³-hybridized carbons (Fsp3) is 0.389. The molecule has 1 aromatic carbocycles. The van der Waals surface area contributed by atoms with Gasteiger partial charge in [-0.15, -0.1) is 0 Å². The minimum absolute atomic E-state index is 0.0191. The molecule has 0 aliphatic heterocycles. The molecule has 1 aromatic rings. The fourth-order valence-corrected chi connectivity index (χ4v) is 2.80. The van der Waals surface area contributed by atoms with E-state index in [-0.39, 0.29) is 11.7 Å². The summed E-state index contributed by atoms with van der Waals surface area (Å²) in [5.41, 5.74) is 0.355. The summed E-state index contributed by atoms with van der Waals surface area (Å²) < 4.78 is 0. The summed E-state index contributed by atoms with van der Waals surface area (Å²) in [5, 5.41) is 22.7. The molecule has 1 N–H and O–H groups in total. The van der Waals surface area contributed by atoms with Crippen molar-refractivity contribution in [2.24, 2.45) is 5.92 Å². The lowest BCUT2D eigenvalue weighted by molar-refractivity contribution is -0.384. The average Bonchev–Trinajstić information content (AvgIpc) is 2.61. The number of hydrogen-bond acceptors (Lipinski definition) is 5. The van der Waals surface area contributed by atoms with Gasteiger partial charge in [0.15, 0.2) is 11.7 Å². The summed E-state index contributed by atoms with van der Waals surface area (Å²) in [6.07, 6.45) is 7.41. The van der Waals surface area contributed by atoms with Crippen molar-refractivity contribution in [3.63, 3.8) is 0 Å². The molecule has 1 unspecified atom stereocenters. The second-order valence-corrected chi connectivity index (χ2v) is 5.99. The monoisotopic (exact) mass is 341 g/mol. The molecule has 1 saturated carbocycles. The van der Waals surface area contributed by atoms with Crippen molar-refractivity contribution in [1.29, 1.82) is 5.26 Å². The quantitative estimate of drug-likeness (QED) is 0.370. The second-order valence-electron chi connectivity index (χ2n) is 5.99. The van der Waals surface area contributed by atoms with Gasteiger partial charge < -0.3 is 5.32 Å². The third-order valence-corrected chi connectivity index (χ3v) is 4.15. The molecular formula is C18H19N3O4. The number of nitro groups is 1. The molecular weight excluding hydrogens is 322 g/mol. The number of allylic oxidation sites excluding steroid dienone is 1. The van der Waals surface area contributed by atoms with Crippen LogP contribution >= 0.6 is 0 Å². The Hall–Kier alpha value is -3.01. The van der Waals surface area contributed by atoms with Crippen LogP contribution in [0.15, 0.2) is 30.3 Å². The van der Waals surface area contributed by atoms with Crippen molar-refractivity contribution in [2.45, 2.75) is 38.1 Å². The van der Waals surface area contributed by atoms with Crippen LogP contribution in [0.1, 0.15) is 37.7 Å². The molecule has 2 rings (SSSR count). The molecule has 7 heteroatoms. The lowest BCUT2D eigenvalue weighted by Gasteiger charge is -2.23. The molecule has 0 spiro atoms. The fourth-order valence-electron chi connectivity index (χ4n) is 2.80. The predicted octanol–water partition coefficient (Wildman–Crippen LogP) is 2.77. The first-order chi connectivity index (χ1) is 12.0. The van der Waals surface area contributed by atoms with Crippen LogP contribution in [0.4, 0.5) is 5.69 Å². The first-order valence-electron chi connectivity index (χ1n) is 8.17. The minimum atomic E-state index is -1.41. The molecule has 25 heavy (non-hydrogen) atoms. The third kappa shape index (κ3) is 5.24. The predicted molar refractivity (Wildman–Crippen MR) is 91.3 cm³/mol. The van der Waals surface area contributed by atoms with E-state index in [1.165, 1.54) is 24.3 Å². The molecule has 0 aromatic heterocycles. The van der Waals surface area contributed by atoms with Gasteiger partial charge in [0.05, 0.1) is 11.0 Å². The summed E-state index contributed by atoms with van der Waals surface area (Å²) >= 11 is 0. The lowest BCUT2D eigenvalue weighted by Crippen LogP contribution is -2.41. The van der Waals surface area contributed by atoms with Gasteiger partial charge in [-0.3, -0.25) is 19.7 Å². The number of non-ortho nitro benzene ring substituents is 1. The Morgan fingerprint density at radius 2 is 2.04 bits per heavy atom. The first-order valence-corrected chi connectivity index (χ1v) is 8.17. The largest absolute Gasteiger partial charge is 0.352 e. The molecule has 1 fully saturated rings. The van der Waals surface area contributed by atoms with E-state index in [0.29, 0.717) is 5.56 Å². The number of nitro benzene ring substituents is 1. The van der Waals surface area contributed by atoms with Gasteiger partial charge >= 0.3 is 0 Å². The van der Waals surface area contributed by atoms with Crippen molar-refractivity contribution in [3.05, 3.63) is 46.0 Å². The highest BCUT2D eigenvalue weighted by molar-refractivity contribution is 6.10. The molecule has 0 saturated heterocycles. The Morgan fingerprint density at radius 1 is 1.32 bits per heavy atom. The van der Waals surface area contributed by atoms with Crippen molar-refractivity contribution in [1.82, 2.24) is 5.32 Å². The van der Waals surface area contributed by atoms with Crippen molar-refractivity contribution in [2.75, 3.05) is 0 Å². The van der Waals surface area contributed by atoms with E-state index in [9.17, 15) is 19.7 Å². The van der Waals surface area contributed by atoms with Crippen LogP contribution < -0.4 is 5.32 Å². The van der Waals surface area contributed by atoms with Crippen LogP contribution in [0, 0.1) is 27.4 Å². The summed E-state index contributed by atoms with van der Waals surface area (Å²) in [5.74, 6) is -2.62. The molecule has 1 aliphatic rings. The highest BCUT2D eigenvalue weighted by atomic mass is 16.6. The van der Waals surface area contributed by atoms with E-state index >= 15 is 0 Å². The summed E-state index contributed by atoms with van der Waals surface area (Å²) in [6, 6.07) is 7.51. The average molecular weight is 341 g/mol. The van der Waals surface area contributed by atoms with Gasteiger partial charge in [0.25, 0.3) is 5.69 Å². The van der Waals surface area contributed by atoms with E-state index in [4.69, 9.17) is 5.26 Å². The van der Waals surface area contributed by atoms with Crippen LogP contribution in [0.3, 0.4) is 0 Å². The SMILES string of the molecule is N#CC(C(=O)/C=C/c1cccc([N+](=O)[O-])c1)C(=O)NC1CCCCC1. The van der Waals surface area contributed by atoms with Gasteiger partial charge in [-0.1, -0.05) is 37.5 Å². The standard InChI is InChI=1S/C18H19N3O4/c19-12-16(18(23)20-14-6-2-1-3-7-14)17(22)10-9-13-5-4-8-15(11-13)21(24)25/h4-5,8-11,14,16H,1-3,6-7H2,(H,20,23)/b10-9+. The van der Waals surface area contributed by atoms with Crippen LogP contribution in [-0.2, 0) is 9.59 Å². The topological polar surface area (TPSA) is 113 Å². The number of hydrogen-bond donors (Lipinski definition) is 1. The van der Waals surface area contributed by atoms with Gasteiger partial charge in [-0.25, -0.2) is 0 Å². The Balaban J connectivity index is 2.01. The molecule has 7 nitrogen and oxygen atoms in total. The minimum Gasteiger partial charge on any atom is -0.352 e. The number of nitrogens with one attached hydrogen (secondary N) is 1. The smallest absolute Gasteiger partial charge is 0.270 e. The number of nitriles is 1. The number of amides is 1. The Kier molecular flexibility index (Phi) is 6.40. The summed E-state index contributed by atoms with van der Waals surface area (Å²) in [4.78, 5) is 34.5. The van der Waals surface area contributed by atoms with E-state index in [1.807, 2.05) is 0 Å². The molecule has 0 heterocycles.